The maximum atomic E-state index is 6.13. The van der Waals surface area contributed by atoms with Crippen molar-refractivity contribution in [1.82, 2.24) is 4.98 Å². The Morgan fingerprint density at radius 2 is 1.80 bits per heavy atom. The van der Waals surface area contributed by atoms with Gasteiger partial charge in [0.1, 0.15) is 0 Å². The predicted octanol–water partition coefficient (Wildman–Crippen LogP) is 5.68. The average molecular weight is 282 g/mol. The predicted molar refractivity (Wildman–Crippen MR) is 86.3 cm³/mol. The molecule has 2 aromatic carbocycles. The molecule has 1 heterocycles. The van der Waals surface area contributed by atoms with Gasteiger partial charge in [0.25, 0.3) is 0 Å². The van der Waals surface area contributed by atoms with Crippen molar-refractivity contribution in [2.45, 2.75) is 19.8 Å². The van der Waals surface area contributed by atoms with Crippen LogP contribution < -0.4 is 0 Å². The molecule has 0 aliphatic carbocycles. The summed E-state index contributed by atoms with van der Waals surface area (Å²) in [6, 6.07) is 14.7. The number of pyridine rings is 1. The molecule has 0 saturated heterocycles. The summed E-state index contributed by atoms with van der Waals surface area (Å²) in [4.78, 5) is 4.20. The summed E-state index contributed by atoms with van der Waals surface area (Å²) in [6.45, 7) is 4.38. The highest BCUT2D eigenvalue weighted by molar-refractivity contribution is 6.30. The van der Waals surface area contributed by atoms with Crippen molar-refractivity contribution >= 4 is 22.4 Å². The van der Waals surface area contributed by atoms with Crippen LogP contribution >= 0.6 is 11.6 Å². The van der Waals surface area contributed by atoms with E-state index in [1.807, 2.05) is 24.5 Å². The van der Waals surface area contributed by atoms with Gasteiger partial charge in [-0.05, 0) is 52.3 Å². The largest absolute Gasteiger partial charge is 0.264 e. The number of fused-ring (bicyclic) bond motifs is 1. The quantitative estimate of drug-likeness (QED) is 0.589. The van der Waals surface area contributed by atoms with Gasteiger partial charge in [0.05, 0.1) is 0 Å². The van der Waals surface area contributed by atoms with Crippen LogP contribution in [0.4, 0.5) is 0 Å². The van der Waals surface area contributed by atoms with E-state index in [4.69, 9.17) is 11.6 Å². The first-order chi connectivity index (χ1) is 9.65. The van der Waals surface area contributed by atoms with Gasteiger partial charge in [-0.1, -0.05) is 43.6 Å². The summed E-state index contributed by atoms with van der Waals surface area (Å²) in [7, 11) is 0. The molecule has 100 valence electrons. The Labute approximate surface area is 124 Å². The molecule has 20 heavy (non-hydrogen) atoms. The van der Waals surface area contributed by atoms with E-state index in [1.165, 1.54) is 22.1 Å². The fourth-order valence-electron chi connectivity index (χ4n) is 2.53. The molecule has 0 aliphatic rings. The molecule has 0 spiro atoms. The first-order valence-corrected chi connectivity index (χ1v) is 7.16. The third-order valence-electron chi connectivity index (χ3n) is 3.59. The van der Waals surface area contributed by atoms with Crippen molar-refractivity contribution in [3.8, 4) is 11.1 Å². The van der Waals surface area contributed by atoms with Crippen LogP contribution in [0.15, 0.2) is 54.9 Å². The van der Waals surface area contributed by atoms with Gasteiger partial charge < -0.3 is 0 Å². The Hall–Kier alpha value is -1.86. The fourth-order valence-corrected chi connectivity index (χ4v) is 2.71. The first kappa shape index (κ1) is 13.1. The standard InChI is InChI=1S/C18H16ClN/c1-12(2)18-10-16(19)5-6-17(18)14-4-3-13-7-8-20-11-15(13)9-14/h3-12H,1-2H3. The zero-order valence-electron chi connectivity index (χ0n) is 11.6. The lowest BCUT2D eigenvalue weighted by molar-refractivity contribution is 0.869. The normalized spacial score (nSPS) is 11.2. The SMILES string of the molecule is CC(C)c1cc(Cl)ccc1-c1ccc2ccncc2c1. The highest BCUT2D eigenvalue weighted by atomic mass is 35.5. The lowest BCUT2D eigenvalue weighted by Gasteiger charge is -2.14. The molecule has 2 heteroatoms. The fraction of sp³-hybridized carbons (Fsp3) is 0.167. The number of hydrogen-bond acceptors (Lipinski definition) is 1. The molecule has 0 unspecified atom stereocenters. The highest BCUT2D eigenvalue weighted by Crippen LogP contribution is 2.32. The second-order valence-corrected chi connectivity index (χ2v) is 5.76. The van der Waals surface area contributed by atoms with Crippen LogP contribution in [-0.4, -0.2) is 4.98 Å². The minimum absolute atomic E-state index is 0.438. The van der Waals surface area contributed by atoms with Gasteiger partial charge in [-0.3, -0.25) is 4.98 Å². The Balaban J connectivity index is 2.20. The number of hydrogen-bond donors (Lipinski definition) is 0. The third-order valence-corrected chi connectivity index (χ3v) is 3.82. The molecule has 3 aromatic rings. The summed E-state index contributed by atoms with van der Waals surface area (Å²) < 4.78 is 0. The summed E-state index contributed by atoms with van der Waals surface area (Å²) in [5, 5.41) is 3.17. The minimum atomic E-state index is 0.438. The Bertz CT molecular complexity index is 762. The van der Waals surface area contributed by atoms with Gasteiger partial charge in [-0.2, -0.15) is 0 Å². The molecular weight excluding hydrogens is 266 g/mol. The van der Waals surface area contributed by atoms with Crippen LogP contribution in [0.1, 0.15) is 25.3 Å². The smallest absolute Gasteiger partial charge is 0.0409 e. The number of aromatic nitrogens is 1. The Morgan fingerprint density at radius 3 is 2.60 bits per heavy atom. The van der Waals surface area contributed by atoms with E-state index in [9.17, 15) is 0 Å². The lowest BCUT2D eigenvalue weighted by Crippen LogP contribution is -1.92. The number of nitrogens with zero attached hydrogens (tertiary/aromatic N) is 1. The second-order valence-electron chi connectivity index (χ2n) is 5.32. The Kier molecular flexibility index (Phi) is 3.45. The van der Waals surface area contributed by atoms with E-state index in [-0.39, 0.29) is 0 Å². The van der Waals surface area contributed by atoms with Crippen molar-refractivity contribution in [2.75, 3.05) is 0 Å². The van der Waals surface area contributed by atoms with E-state index < -0.39 is 0 Å². The van der Waals surface area contributed by atoms with Gasteiger partial charge >= 0.3 is 0 Å². The van der Waals surface area contributed by atoms with Crippen molar-refractivity contribution in [1.29, 1.82) is 0 Å². The number of halogens is 1. The molecule has 0 N–H and O–H groups in total. The summed E-state index contributed by atoms with van der Waals surface area (Å²) in [5.41, 5.74) is 3.74. The van der Waals surface area contributed by atoms with E-state index in [2.05, 4.69) is 49.2 Å². The third kappa shape index (κ3) is 2.41. The van der Waals surface area contributed by atoms with Gasteiger partial charge in [-0.15, -0.1) is 0 Å². The molecule has 0 atom stereocenters. The molecule has 0 bridgehead atoms. The van der Waals surface area contributed by atoms with Crippen molar-refractivity contribution in [2.24, 2.45) is 0 Å². The van der Waals surface area contributed by atoms with Gasteiger partial charge in [0.2, 0.25) is 0 Å². The van der Waals surface area contributed by atoms with Crippen LogP contribution in [0.25, 0.3) is 21.9 Å². The molecule has 1 aromatic heterocycles. The molecular formula is C18H16ClN. The van der Waals surface area contributed by atoms with Crippen molar-refractivity contribution in [3.63, 3.8) is 0 Å². The lowest BCUT2D eigenvalue weighted by atomic mass is 9.92. The van der Waals surface area contributed by atoms with Crippen LogP contribution in [0.2, 0.25) is 5.02 Å². The molecule has 0 radical (unpaired) electrons. The van der Waals surface area contributed by atoms with Crippen molar-refractivity contribution < 1.29 is 0 Å². The molecule has 0 fully saturated rings. The average Bonchev–Trinajstić information content (AvgIpc) is 2.46. The van der Waals surface area contributed by atoms with Gasteiger partial charge in [-0.25, -0.2) is 0 Å². The molecule has 1 nitrogen and oxygen atoms in total. The zero-order valence-corrected chi connectivity index (χ0v) is 12.4. The number of rotatable bonds is 2. The first-order valence-electron chi connectivity index (χ1n) is 6.79. The van der Waals surface area contributed by atoms with E-state index in [0.717, 1.165) is 10.4 Å². The summed E-state index contributed by atoms with van der Waals surface area (Å²) in [6.07, 6.45) is 3.73. The van der Waals surface area contributed by atoms with Crippen LogP contribution in [-0.2, 0) is 0 Å². The maximum Gasteiger partial charge on any atom is 0.0409 e. The van der Waals surface area contributed by atoms with E-state index in [1.54, 1.807) is 0 Å². The Morgan fingerprint density at radius 1 is 0.950 bits per heavy atom. The topological polar surface area (TPSA) is 12.9 Å². The van der Waals surface area contributed by atoms with Gasteiger partial charge in [0.15, 0.2) is 0 Å². The molecule has 0 amide bonds. The monoisotopic (exact) mass is 281 g/mol. The second kappa shape index (κ2) is 5.26. The van der Waals surface area contributed by atoms with Gasteiger partial charge in [0, 0.05) is 22.8 Å². The van der Waals surface area contributed by atoms with Crippen LogP contribution in [0, 0.1) is 0 Å². The maximum absolute atomic E-state index is 6.13. The zero-order chi connectivity index (χ0) is 14.1. The molecule has 0 aliphatic heterocycles. The summed E-state index contributed by atoms with van der Waals surface area (Å²) >= 11 is 6.13. The minimum Gasteiger partial charge on any atom is -0.264 e. The molecule has 3 rings (SSSR count). The van der Waals surface area contributed by atoms with E-state index >= 15 is 0 Å². The van der Waals surface area contributed by atoms with E-state index in [0.29, 0.717) is 5.92 Å². The summed E-state index contributed by atoms with van der Waals surface area (Å²) in [5.74, 6) is 0.438. The van der Waals surface area contributed by atoms with Crippen LogP contribution in [0.3, 0.4) is 0 Å². The van der Waals surface area contributed by atoms with Crippen LogP contribution in [0.5, 0.6) is 0 Å². The molecule has 0 saturated carbocycles. The van der Waals surface area contributed by atoms with Crippen molar-refractivity contribution in [3.05, 3.63) is 65.4 Å². The highest BCUT2D eigenvalue weighted by Gasteiger charge is 2.10. The number of benzene rings is 2.